The number of aromatic nitrogens is 1. The van der Waals surface area contributed by atoms with Crippen molar-refractivity contribution in [3.8, 4) is 0 Å². The number of sulfone groups is 1. The van der Waals surface area contributed by atoms with Gasteiger partial charge in [0, 0.05) is 5.41 Å². The van der Waals surface area contributed by atoms with Crippen molar-refractivity contribution in [1.82, 2.24) is 4.98 Å². The molecule has 114 valence electrons. The number of halogens is 3. The smallest absolute Gasteiger partial charge is 0.372 e. The quantitative estimate of drug-likeness (QED) is 0.671. The van der Waals surface area contributed by atoms with Gasteiger partial charge in [-0.1, -0.05) is 6.08 Å². The lowest BCUT2D eigenvalue weighted by Crippen LogP contribution is -2.22. The predicted octanol–water partition coefficient (Wildman–Crippen LogP) is 1.73. The third kappa shape index (κ3) is 3.48. The van der Waals surface area contributed by atoms with Crippen molar-refractivity contribution in [3.05, 3.63) is 39.6 Å². The zero-order valence-electron chi connectivity index (χ0n) is 10.2. The number of anilines is 1. The van der Waals surface area contributed by atoms with E-state index in [1.54, 1.807) is 0 Å². The lowest BCUT2D eigenvalue weighted by atomic mass is 10.2. The molecule has 0 bridgehead atoms. The van der Waals surface area contributed by atoms with E-state index in [1.807, 2.05) is 0 Å². The summed E-state index contributed by atoms with van der Waals surface area (Å²) in [6, 6.07) is -0.353. The van der Waals surface area contributed by atoms with Gasteiger partial charge in [0.05, 0.1) is 16.7 Å². The van der Waals surface area contributed by atoms with Gasteiger partial charge in [0.25, 0.3) is 0 Å². The Morgan fingerprint density at radius 2 is 2.10 bits per heavy atom. The molecule has 0 fully saturated rings. The lowest BCUT2D eigenvalue weighted by Gasteiger charge is -2.13. The van der Waals surface area contributed by atoms with Gasteiger partial charge >= 0.3 is 11.9 Å². The van der Waals surface area contributed by atoms with Crippen molar-refractivity contribution < 1.29 is 26.5 Å². The minimum Gasteiger partial charge on any atom is -0.372 e. The van der Waals surface area contributed by atoms with Crippen molar-refractivity contribution in [1.29, 1.82) is 0 Å². The van der Waals surface area contributed by atoms with Crippen LogP contribution in [0.3, 0.4) is 0 Å². The number of hydrogen-bond donors (Lipinski definition) is 1. The fourth-order valence-corrected chi connectivity index (χ4v) is 2.96. The number of nitrogens with one attached hydrogen (secondary N) is 1. The third-order valence-electron chi connectivity index (χ3n) is 2.64. The topological polar surface area (TPSA) is 102 Å². The van der Waals surface area contributed by atoms with Crippen LogP contribution in [-0.4, -0.2) is 30.1 Å². The van der Waals surface area contributed by atoms with Gasteiger partial charge in [-0.15, -0.1) is 0 Å². The molecule has 0 spiro atoms. The van der Waals surface area contributed by atoms with E-state index >= 15 is 0 Å². The molecule has 1 aliphatic heterocycles. The molecule has 1 unspecified atom stereocenters. The van der Waals surface area contributed by atoms with Crippen molar-refractivity contribution in [2.24, 2.45) is 0 Å². The van der Waals surface area contributed by atoms with Crippen LogP contribution in [0.1, 0.15) is 5.69 Å². The predicted molar refractivity (Wildman–Crippen MR) is 66.2 cm³/mol. The van der Waals surface area contributed by atoms with E-state index in [0.717, 1.165) is 5.41 Å². The summed E-state index contributed by atoms with van der Waals surface area (Å²) in [7, 11) is -3.44. The number of pyridine rings is 1. The first kappa shape index (κ1) is 15.2. The normalized spacial score (nSPS) is 20.4. The third-order valence-corrected chi connectivity index (χ3v) is 4.04. The van der Waals surface area contributed by atoms with Gasteiger partial charge in [0.15, 0.2) is 9.84 Å². The first-order valence-electron chi connectivity index (χ1n) is 5.47. The van der Waals surface area contributed by atoms with Crippen LogP contribution in [0.5, 0.6) is 0 Å². The molecule has 0 aliphatic carbocycles. The molecule has 11 heteroatoms. The highest BCUT2D eigenvalue weighted by Gasteiger charge is 2.35. The second-order valence-electron chi connectivity index (χ2n) is 4.25. The summed E-state index contributed by atoms with van der Waals surface area (Å²) in [5, 5.41) is 14.1. The minimum absolute atomic E-state index is 0.381. The van der Waals surface area contributed by atoms with E-state index < -0.39 is 44.0 Å². The zero-order chi connectivity index (χ0) is 15.8. The molecule has 2 rings (SSSR count). The van der Waals surface area contributed by atoms with Crippen LogP contribution >= 0.6 is 0 Å². The molecular weight excluding hydrogens is 315 g/mol. The first-order chi connectivity index (χ1) is 9.58. The molecule has 7 nitrogen and oxygen atoms in total. The Labute approximate surface area is 116 Å². The fraction of sp³-hybridized carbons (Fsp3) is 0.300. The molecule has 1 aromatic heterocycles. The molecule has 2 heterocycles. The Bertz CT molecular complexity index is 715. The van der Waals surface area contributed by atoms with E-state index in [4.69, 9.17) is 0 Å². The van der Waals surface area contributed by atoms with Gasteiger partial charge in [-0.05, 0) is 6.07 Å². The Hall–Kier alpha value is -2.17. The van der Waals surface area contributed by atoms with E-state index in [-0.39, 0.29) is 5.75 Å². The van der Waals surface area contributed by atoms with Crippen molar-refractivity contribution in [3.63, 3.8) is 0 Å². The van der Waals surface area contributed by atoms with Gasteiger partial charge in [-0.3, -0.25) is 10.1 Å². The zero-order valence-corrected chi connectivity index (χ0v) is 11.0. The molecule has 1 aromatic rings. The van der Waals surface area contributed by atoms with Crippen LogP contribution in [0.2, 0.25) is 0 Å². The Morgan fingerprint density at radius 3 is 2.57 bits per heavy atom. The highest BCUT2D eigenvalue weighted by Crippen LogP contribution is 2.33. The average Bonchev–Trinajstić information content (AvgIpc) is 2.67. The van der Waals surface area contributed by atoms with Gasteiger partial charge < -0.3 is 5.32 Å². The van der Waals surface area contributed by atoms with Crippen LogP contribution in [0.15, 0.2) is 23.7 Å². The minimum atomic E-state index is -4.76. The second-order valence-corrected chi connectivity index (χ2v) is 6.18. The molecular formula is C10H8F3N3O4S. The van der Waals surface area contributed by atoms with E-state index in [1.165, 1.54) is 6.08 Å². The number of rotatable bonds is 3. The number of nitro groups is 1. The Kier molecular flexibility index (Phi) is 3.61. The van der Waals surface area contributed by atoms with Gasteiger partial charge in [0.2, 0.25) is 0 Å². The van der Waals surface area contributed by atoms with E-state index in [9.17, 15) is 31.7 Å². The number of hydrogen-bond acceptors (Lipinski definition) is 6. The standard InChI is InChI=1S/C10H8F3N3O4S/c11-10(12,13)9-3-7(8(4-14-9)16(17)18)15-6-1-2-21(19,20)5-6/h1-4,6H,5H2,(H,14,15). The summed E-state index contributed by atoms with van der Waals surface area (Å²) < 4.78 is 60.1. The van der Waals surface area contributed by atoms with E-state index in [0.29, 0.717) is 12.3 Å². The van der Waals surface area contributed by atoms with E-state index in [2.05, 4.69) is 10.3 Å². The summed E-state index contributed by atoms with van der Waals surface area (Å²) in [4.78, 5) is 12.9. The molecule has 0 amide bonds. The molecule has 0 aromatic carbocycles. The SMILES string of the molecule is O=[N+]([O-])c1cnc(C(F)(F)F)cc1NC1C=CS(=O)(=O)C1. The largest absolute Gasteiger partial charge is 0.433 e. The monoisotopic (exact) mass is 323 g/mol. The molecule has 0 saturated carbocycles. The van der Waals surface area contributed by atoms with Crippen LogP contribution in [0, 0.1) is 10.1 Å². The Morgan fingerprint density at radius 1 is 1.43 bits per heavy atom. The van der Waals surface area contributed by atoms with Crippen molar-refractivity contribution in [2.45, 2.75) is 12.2 Å². The van der Waals surface area contributed by atoms with Gasteiger partial charge in [0.1, 0.15) is 17.6 Å². The van der Waals surface area contributed by atoms with Gasteiger partial charge in [-0.25, -0.2) is 13.4 Å². The Balaban J connectivity index is 2.36. The van der Waals surface area contributed by atoms with Crippen LogP contribution in [0.25, 0.3) is 0 Å². The van der Waals surface area contributed by atoms with Crippen molar-refractivity contribution in [2.75, 3.05) is 11.1 Å². The average molecular weight is 323 g/mol. The maximum absolute atomic E-state index is 12.6. The lowest BCUT2D eigenvalue weighted by molar-refractivity contribution is -0.384. The molecule has 0 saturated heterocycles. The molecule has 1 aliphatic rings. The summed E-state index contributed by atoms with van der Waals surface area (Å²) in [5.74, 6) is -0.381. The van der Waals surface area contributed by atoms with Crippen LogP contribution in [0.4, 0.5) is 24.5 Å². The summed E-state index contributed by atoms with van der Waals surface area (Å²) in [6.45, 7) is 0. The van der Waals surface area contributed by atoms with Crippen LogP contribution in [-0.2, 0) is 16.0 Å². The maximum Gasteiger partial charge on any atom is 0.433 e. The molecule has 1 N–H and O–H groups in total. The van der Waals surface area contributed by atoms with Gasteiger partial charge in [-0.2, -0.15) is 13.2 Å². The highest BCUT2D eigenvalue weighted by atomic mass is 32.2. The van der Waals surface area contributed by atoms with Crippen molar-refractivity contribution >= 4 is 21.2 Å². The summed E-state index contributed by atoms with van der Waals surface area (Å²) >= 11 is 0. The molecule has 0 radical (unpaired) electrons. The number of nitrogens with zero attached hydrogens (tertiary/aromatic N) is 2. The number of alkyl halides is 3. The fourth-order valence-electron chi connectivity index (χ4n) is 1.73. The molecule has 1 atom stereocenters. The summed E-state index contributed by atoms with van der Waals surface area (Å²) in [6.07, 6.45) is -3.06. The summed E-state index contributed by atoms with van der Waals surface area (Å²) in [5.41, 5.74) is -2.41. The second kappa shape index (κ2) is 4.98. The molecule has 21 heavy (non-hydrogen) atoms. The van der Waals surface area contributed by atoms with Crippen LogP contribution < -0.4 is 5.32 Å². The first-order valence-corrected chi connectivity index (χ1v) is 7.19. The maximum atomic E-state index is 12.6. The highest BCUT2D eigenvalue weighted by molar-refractivity contribution is 7.94.